The number of carbonyl (C=O) groups is 1. The van der Waals surface area contributed by atoms with Crippen LogP contribution in [0.4, 0.5) is 0 Å². The predicted octanol–water partition coefficient (Wildman–Crippen LogP) is 6.49. The van der Waals surface area contributed by atoms with Crippen molar-refractivity contribution >= 4 is 23.1 Å². The van der Waals surface area contributed by atoms with Crippen LogP contribution in [0.1, 0.15) is 60.8 Å². The molecular weight excluding hydrogens is 488 g/mol. The number of aliphatic imine (C=N–C) groups is 3. The van der Waals surface area contributed by atoms with Crippen LogP contribution in [-0.2, 0) is 9.53 Å². The van der Waals surface area contributed by atoms with Gasteiger partial charge in [-0.3, -0.25) is 4.79 Å². The van der Waals surface area contributed by atoms with E-state index in [1.54, 1.807) is 0 Å². The maximum Gasteiger partial charge on any atom is 0.305 e. The van der Waals surface area contributed by atoms with Crippen molar-refractivity contribution < 1.29 is 14.6 Å². The second kappa shape index (κ2) is 10.3. The van der Waals surface area contributed by atoms with Gasteiger partial charge in [-0.1, -0.05) is 13.8 Å². The molecule has 5 rings (SSSR count). The molecule has 8 bridgehead atoms. The summed E-state index contributed by atoms with van der Waals surface area (Å²) in [6.45, 7) is 12.6. The first-order chi connectivity index (χ1) is 18.7. The van der Waals surface area contributed by atoms with E-state index in [1.807, 2.05) is 13.0 Å². The first-order valence-corrected chi connectivity index (χ1v) is 13.6. The van der Waals surface area contributed by atoms with Crippen molar-refractivity contribution in [2.24, 2.45) is 26.8 Å². The molecule has 0 aromatic carbocycles. The monoisotopic (exact) mass is 524 g/mol. The number of aliphatic hydroxyl groups is 1. The second-order valence-corrected chi connectivity index (χ2v) is 10.7. The van der Waals surface area contributed by atoms with Gasteiger partial charge in [0.15, 0.2) is 0 Å². The second-order valence-electron chi connectivity index (χ2n) is 10.7. The molecule has 202 valence electrons. The highest BCUT2D eigenvalue weighted by molar-refractivity contribution is 6.18. The average molecular weight is 525 g/mol. The summed E-state index contributed by atoms with van der Waals surface area (Å²) in [6.07, 6.45) is 11.2. The number of nitrogens with zero attached hydrogens (tertiary/aromatic N) is 3. The van der Waals surface area contributed by atoms with Crippen molar-refractivity contribution in [2.75, 3.05) is 7.11 Å². The van der Waals surface area contributed by atoms with Crippen LogP contribution < -0.4 is 5.32 Å². The number of hydrogen-bond acceptors (Lipinski definition) is 7. The fourth-order valence-electron chi connectivity index (χ4n) is 5.90. The van der Waals surface area contributed by atoms with E-state index in [9.17, 15) is 9.90 Å². The lowest BCUT2D eigenvalue weighted by Gasteiger charge is -2.17. The molecule has 0 aliphatic carbocycles. The zero-order chi connectivity index (χ0) is 28.0. The smallest absolute Gasteiger partial charge is 0.305 e. The molecule has 0 aromatic heterocycles. The minimum Gasteiger partial charge on any atom is -0.515 e. The molecule has 7 heteroatoms. The van der Waals surface area contributed by atoms with Gasteiger partial charge in [0.1, 0.15) is 0 Å². The normalized spacial score (nSPS) is 25.3. The number of allylic oxidation sites excluding steroid dienone is 12. The van der Waals surface area contributed by atoms with Gasteiger partial charge in [0.25, 0.3) is 0 Å². The Morgan fingerprint density at radius 1 is 0.974 bits per heavy atom. The first-order valence-electron chi connectivity index (χ1n) is 13.6. The zero-order valence-corrected chi connectivity index (χ0v) is 23.8. The summed E-state index contributed by atoms with van der Waals surface area (Å²) < 4.78 is 4.94. The van der Waals surface area contributed by atoms with Gasteiger partial charge in [-0.15, -0.1) is 0 Å². The van der Waals surface area contributed by atoms with Crippen molar-refractivity contribution in [3.8, 4) is 0 Å². The van der Waals surface area contributed by atoms with Crippen LogP contribution in [0, 0.1) is 11.8 Å². The molecule has 0 saturated carbocycles. The van der Waals surface area contributed by atoms with Gasteiger partial charge in [-0.05, 0) is 92.7 Å². The lowest BCUT2D eigenvalue weighted by Crippen LogP contribution is -2.15. The van der Waals surface area contributed by atoms with Gasteiger partial charge in [0, 0.05) is 35.2 Å². The van der Waals surface area contributed by atoms with Crippen LogP contribution in [0.15, 0.2) is 107 Å². The van der Waals surface area contributed by atoms with Crippen LogP contribution in [0.2, 0.25) is 0 Å². The van der Waals surface area contributed by atoms with Crippen molar-refractivity contribution in [2.45, 2.75) is 60.8 Å². The Morgan fingerprint density at radius 3 is 2.38 bits per heavy atom. The summed E-state index contributed by atoms with van der Waals surface area (Å²) in [5.41, 5.74) is 13.2. The van der Waals surface area contributed by atoms with Crippen LogP contribution in [-0.4, -0.2) is 35.3 Å². The fraction of sp³-hybridized carbons (Fsp3) is 0.375. The van der Waals surface area contributed by atoms with Crippen LogP contribution in [0.3, 0.4) is 0 Å². The molecule has 0 amide bonds. The van der Waals surface area contributed by atoms with Crippen LogP contribution >= 0.6 is 0 Å². The Balaban J connectivity index is 1.73. The molecule has 2 atom stereocenters. The summed E-state index contributed by atoms with van der Waals surface area (Å²) in [5.74, 6) is -0.000916. The number of rotatable bonds is 4. The number of ether oxygens (including phenoxy) is 1. The third-order valence-corrected chi connectivity index (χ3v) is 8.43. The zero-order valence-electron chi connectivity index (χ0n) is 23.8. The van der Waals surface area contributed by atoms with Gasteiger partial charge >= 0.3 is 5.97 Å². The molecular formula is C32H36N4O3. The number of esters is 1. The molecule has 2 unspecified atom stereocenters. The first kappa shape index (κ1) is 26.6. The maximum absolute atomic E-state index is 12.1. The van der Waals surface area contributed by atoms with E-state index in [0.717, 1.165) is 74.9 Å². The molecule has 5 aliphatic rings. The fourth-order valence-corrected chi connectivity index (χ4v) is 5.90. The van der Waals surface area contributed by atoms with Gasteiger partial charge in [0.2, 0.25) is 0 Å². The molecule has 1 saturated heterocycles. The van der Waals surface area contributed by atoms with E-state index in [0.29, 0.717) is 24.1 Å². The molecule has 0 aromatic rings. The van der Waals surface area contributed by atoms with Crippen LogP contribution in [0.5, 0.6) is 0 Å². The minimum absolute atomic E-state index is 0.0915. The quantitative estimate of drug-likeness (QED) is 0.325. The molecule has 5 aliphatic heterocycles. The van der Waals surface area contributed by atoms with Crippen LogP contribution in [0.25, 0.3) is 0 Å². The lowest BCUT2D eigenvalue weighted by molar-refractivity contribution is -0.140. The number of fused-ring (bicyclic) bond motifs is 5. The van der Waals surface area contributed by atoms with E-state index in [4.69, 9.17) is 19.7 Å². The van der Waals surface area contributed by atoms with Gasteiger partial charge in [-0.2, -0.15) is 0 Å². The van der Waals surface area contributed by atoms with E-state index in [1.165, 1.54) is 12.7 Å². The van der Waals surface area contributed by atoms with Gasteiger partial charge < -0.3 is 15.2 Å². The van der Waals surface area contributed by atoms with Gasteiger partial charge in [-0.25, -0.2) is 15.0 Å². The molecule has 0 spiro atoms. The standard InChI is InChI=1S/C32H36N4O3/c1-8-21-17(3)27-14-30-23(15-37)19(5)26(35-30)13-28-18(4)22(9-10-31(38)39-7)32(36-28)20(6)25-11-16(2)24(33-25)12-29(21)34-27/h11-15,18,22,36-37H,8-10H2,1-7H3/b23-15-,24-12?,27-14?,28-13?,32-20?. The number of methoxy groups -OCH3 is 1. The van der Waals surface area contributed by atoms with Crippen molar-refractivity contribution in [1.29, 1.82) is 0 Å². The van der Waals surface area contributed by atoms with E-state index >= 15 is 0 Å². The SMILES string of the molecule is CCC1=C(C)C2=CC3=NC(=C(C)/C3=C/O)C=C3NC(=C(C)C4=NC(=CC1=N2)C(C)=C4)C(CCC(=O)OC)C3C. The summed E-state index contributed by atoms with van der Waals surface area (Å²) in [5, 5.41) is 13.8. The molecule has 1 fully saturated rings. The van der Waals surface area contributed by atoms with Crippen molar-refractivity contribution in [1.82, 2.24) is 5.32 Å². The number of nitrogens with one attached hydrogen (secondary N) is 1. The summed E-state index contributed by atoms with van der Waals surface area (Å²) >= 11 is 0. The van der Waals surface area contributed by atoms with Gasteiger partial charge in [0.05, 0.1) is 47.6 Å². The topological polar surface area (TPSA) is 95.6 Å². The van der Waals surface area contributed by atoms with E-state index in [2.05, 4.69) is 58.2 Å². The Kier molecular flexibility index (Phi) is 7.02. The Hall–Kier alpha value is -4.00. The average Bonchev–Trinajstić information content (AvgIpc) is 3.61. The number of hydrogen-bond donors (Lipinski definition) is 2. The van der Waals surface area contributed by atoms with E-state index < -0.39 is 0 Å². The third kappa shape index (κ3) is 4.60. The van der Waals surface area contributed by atoms with E-state index in [-0.39, 0.29) is 17.8 Å². The highest BCUT2D eigenvalue weighted by Crippen LogP contribution is 2.41. The molecule has 0 radical (unpaired) electrons. The Labute approximate surface area is 230 Å². The number of carbonyl (C=O) groups excluding carboxylic acids is 1. The molecule has 5 heterocycles. The molecule has 7 nitrogen and oxygen atoms in total. The van der Waals surface area contributed by atoms with Crippen molar-refractivity contribution in [3.63, 3.8) is 0 Å². The minimum atomic E-state index is -0.213. The Morgan fingerprint density at radius 2 is 1.69 bits per heavy atom. The molecule has 2 N–H and O–H groups in total. The Bertz CT molecular complexity index is 1520. The number of aliphatic hydroxyl groups excluding tert-OH is 1. The maximum atomic E-state index is 12.1. The largest absolute Gasteiger partial charge is 0.515 e. The highest BCUT2D eigenvalue weighted by Gasteiger charge is 2.36. The summed E-state index contributed by atoms with van der Waals surface area (Å²) in [6, 6.07) is 0. The summed E-state index contributed by atoms with van der Waals surface area (Å²) in [4.78, 5) is 27.0. The summed E-state index contributed by atoms with van der Waals surface area (Å²) in [7, 11) is 1.43. The predicted molar refractivity (Wildman–Crippen MR) is 156 cm³/mol. The lowest BCUT2D eigenvalue weighted by atomic mass is 9.86. The molecule has 39 heavy (non-hydrogen) atoms. The third-order valence-electron chi connectivity index (χ3n) is 8.43. The van der Waals surface area contributed by atoms with Crippen molar-refractivity contribution in [3.05, 3.63) is 92.5 Å². The highest BCUT2D eigenvalue weighted by atomic mass is 16.5.